The van der Waals surface area contributed by atoms with Crippen molar-refractivity contribution in [3.8, 4) is 0 Å². The lowest BCUT2D eigenvalue weighted by Crippen LogP contribution is -2.48. The molecule has 1 aromatic heterocycles. The Morgan fingerprint density at radius 1 is 1.29 bits per heavy atom. The van der Waals surface area contributed by atoms with Crippen molar-refractivity contribution in [1.29, 1.82) is 0 Å². The highest BCUT2D eigenvalue weighted by Gasteiger charge is 2.39. The first kappa shape index (κ1) is 14.1. The molecule has 2 saturated heterocycles. The number of hydrogen-bond acceptors (Lipinski definition) is 4. The largest absolute Gasteiger partial charge is 0.381 e. The van der Waals surface area contributed by atoms with E-state index >= 15 is 0 Å². The summed E-state index contributed by atoms with van der Waals surface area (Å²) in [7, 11) is 0. The Bertz CT molecular complexity index is 484. The van der Waals surface area contributed by atoms with Crippen LogP contribution < -0.4 is 5.01 Å². The highest BCUT2D eigenvalue weighted by atomic mass is 16.7. The molecule has 1 aromatic rings. The average molecular weight is 293 g/mol. The van der Waals surface area contributed by atoms with Gasteiger partial charge in [-0.1, -0.05) is 0 Å². The van der Waals surface area contributed by atoms with Crippen LogP contribution in [-0.2, 0) is 19.2 Å². The zero-order valence-electron chi connectivity index (χ0n) is 11.8. The number of ether oxygens (including phenoxy) is 1. The number of amides is 2. The number of carbonyl (C=O) groups is 2. The predicted octanol–water partition coefficient (Wildman–Crippen LogP) is 0.151. The lowest BCUT2D eigenvalue weighted by molar-refractivity contribution is -0.166. The molecule has 3 rings (SSSR count). The second-order valence-corrected chi connectivity index (χ2v) is 5.32. The van der Waals surface area contributed by atoms with Gasteiger partial charge in [0.2, 0.25) is 6.41 Å². The van der Waals surface area contributed by atoms with Crippen LogP contribution in [0.25, 0.3) is 0 Å². The van der Waals surface area contributed by atoms with Crippen molar-refractivity contribution in [2.24, 2.45) is 5.92 Å². The van der Waals surface area contributed by atoms with Gasteiger partial charge in [0.1, 0.15) is 6.61 Å². The normalized spacial score (nSPS) is 23.5. The van der Waals surface area contributed by atoms with Gasteiger partial charge in [0.25, 0.3) is 5.91 Å². The van der Waals surface area contributed by atoms with Crippen LogP contribution in [0, 0.1) is 5.92 Å². The molecular weight excluding hydrogens is 274 g/mol. The molecule has 2 aliphatic rings. The van der Waals surface area contributed by atoms with Gasteiger partial charge in [-0.05, 0) is 30.9 Å². The van der Waals surface area contributed by atoms with E-state index in [-0.39, 0.29) is 12.5 Å². The van der Waals surface area contributed by atoms with Crippen LogP contribution >= 0.6 is 0 Å². The quantitative estimate of drug-likeness (QED) is 0.725. The van der Waals surface area contributed by atoms with Gasteiger partial charge in [-0.15, -0.1) is 0 Å². The molecule has 2 amide bonds. The molecule has 0 spiro atoms. The minimum atomic E-state index is -0.602. The van der Waals surface area contributed by atoms with Gasteiger partial charge >= 0.3 is 0 Å². The van der Waals surface area contributed by atoms with E-state index in [0.717, 1.165) is 26.1 Å². The van der Waals surface area contributed by atoms with Gasteiger partial charge in [0, 0.05) is 25.6 Å². The summed E-state index contributed by atoms with van der Waals surface area (Å²) in [5, 5.41) is 2.76. The molecule has 0 unspecified atom stereocenters. The van der Waals surface area contributed by atoms with E-state index in [4.69, 9.17) is 9.57 Å². The van der Waals surface area contributed by atoms with E-state index in [1.807, 2.05) is 0 Å². The summed E-state index contributed by atoms with van der Waals surface area (Å²) in [6, 6.07) is 3.00. The van der Waals surface area contributed by atoms with Crippen molar-refractivity contribution in [1.82, 2.24) is 9.74 Å². The molecule has 1 atom stereocenters. The summed E-state index contributed by atoms with van der Waals surface area (Å²) in [5.41, 5.74) is 0. The number of aromatic nitrogens is 1. The Labute approximate surface area is 122 Å². The molecule has 21 heavy (non-hydrogen) atoms. The van der Waals surface area contributed by atoms with Crippen molar-refractivity contribution in [2.75, 3.05) is 31.4 Å². The van der Waals surface area contributed by atoms with Crippen LogP contribution in [0.2, 0.25) is 0 Å². The fourth-order valence-electron chi connectivity index (χ4n) is 2.73. The zero-order valence-corrected chi connectivity index (χ0v) is 11.8. The van der Waals surface area contributed by atoms with E-state index in [2.05, 4.69) is 0 Å². The molecule has 0 N–H and O–H groups in total. The second-order valence-electron chi connectivity index (χ2n) is 5.32. The summed E-state index contributed by atoms with van der Waals surface area (Å²) in [6.07, 6.45) is 5.98. The first-order valence-corrected chi connectivity index (χ1v) is 7.18. The Kier molecular flexibility index (Phi) is 4.21. The number of carbonyl (C=O) groups excluding carboxylic acids is 2. The van der Waals surface area contributed by atoms with Crippen molar-refractivity contribution in [2.45, 2.75) is 18.9 Å². The minimum absolute atomic E-state index is 0.165. The maximum atomic E-state index is 12.4. The molecule has 0 bridgehead atoms. The van der Waals surface area contributed by atoms with E-state index < -0.39 is 6.04 Å². The van der Waals surface area contributed by atoms with Crippen molar-refractivity contribution in [3.63, 3.8) is 0 Å². The molecule has 0 aromatic carbocycles. The van der Waals surface area contributed by atoms with Gasteiger partial charge in [-0.2, -0.15) is 0 Å². The number of hydroxylamine groups is 2. The van der Waals surface area contributed by atoms with E-state index in [0.29, 0.717) is 18.9 Å². The number of hydrogen-bond donors (Lipinski definition) is 0. The standard InChI is InChI=1S/C14H19N3O4/c18-11-16(15-5-1-2-6-15)13-10-21-17(14(13)19)9-12-3-7-20-8-4-12/h1-2,5-6,11-13H,3-4,7-10H2/t13-/m1/s1. The third kappa shape index (κ3) is 2.93. The molecule has 0 saturated carbocycles. The van der Waals surface area contributed by atoms with E-state index in [1.165, 1.54) is 10.1 Å². The lowest BCUT2D eigenvalue weighted by Gasteiger charge is -2.26. The lowest BCUT2D eigenvalue weighted by atomic mass is 10.0. The first-order valence-electron chi connectivity index (χ1n) is 7.18. The second kappa shape index (κ2) is 6.28. The third-order valence-electron chi connectivity index (χ3n) is 3.97. The fraction of sp³-hybridized carbons (Fsp3) is 0.571. The highest BCUT2D eigenvalue weighted by Crippen LogP contribution is 2.20. The predicted molar refractivity (Wildman–Crippen MR) is 73.7 cm³/mol. The number of rotatable bonds is 5. The van der Waals surface area contributed by atoms with Crippen LogP contribution in [0.1, 0.15) is 12.8 Å². The first-order chi connectivity index (χ1) is 10.3. The van der Waals surface area contributed by atoms with Crippen LogP contribution in [0.15, 0.2) is 24.5 Å². The molecule has 2 aliphatic heterocycles. The Balaban J connectivity index is 1.63. The Hall–Kier alpha value is -1.86. The van der Waals surface area contributed by atoms with Crippen LogP contribution in [-0.4, -0.2) is 54.5 Å². The van der Waals surface area contributed by atoms with Crippen LogP contribution in [0.5, 0.6) is 0 Å². The minimum Gasteiger partial charge on any atom is -0.381 e. The highest BCUT2D eigenvalue weighted by molar-refractivity contribution is 5.88. The monoisotopic (exact) mass is 293 g/mol. The maximum absolute atomic E-state index is 12.4. The third-order valence-corrected chi connectivity index (χ3v) is 3.97. The molecule has 0 aliphatic carbocycles. The summed E-state index contributed by atoms with van der Waals surface area (Å²) >= 11 is 0. The average Bonchev–Trinajstić information content (AvgIpc) is 3.15. The Morgan fingerprint density at radius 2 is 2.00 bits per heavy atom. The molecule has 2 fully saturated rings. The van der Waals surface area contributed by atoms with Gasteiger partial charge in [-0.3, -0.25) is 19.1 Å². The van der Waals surface area contributed by atoms with Crippen molar-refractivity contribution in [3.05, 3.63) is 24.5 Å². The van der Waals surface area contributed by atoms with Gasteiger partial charge in [0.05, 0.1) is 6.54 Å². The Morgan fingerprint density at radius 3 is 2.67 bits per heavy atom. The molecule has 3 heterocycles. The van der Waals surface area contributed by atoms with Gasteiger partial charge in [0.15, 0.2) is 6.04 Å². The number of nitrogens with zero attached hydrogens (tertiary/aromatic N) is 3. The van der Waals surface area contributed by atoms with Crippen molar-refractivity contribution >= 4 is 12.3 Å². The smallest absolute Gasteiger partial charge is 0.273 e. The topological polar surface area (TPSA) is 64.0 Å². The molecule has 0 radical (unpaired) electrons. The van der Waals surface area contributed by atoms with E-state index in [1.54, 1.807) is 29.2 Å². The van der Waals surface area contributed by atoms with Crippen molar-refractivity contribution < 1.29 is 19.2 Å². The molecule has 114 valence electrons. The summed E-state index contributed by atoms with van der Waals surface area (Å²) in [6.45, 7) is 2.23. The van der Waals surface area contributed by atoms with Crippen LogP contribution in [0.3, 0.4) is 0 Å². The summed E-state index contributed by atoms with van der Waals surface area (Å²) in [4.78, 5) is 29.2. The van der Waals surface area contributed by atoms with E-state index in [9.17, 15) is 9.59 Å². The fourth-order valence-corrected chi connectivity index (χ4v) is 2.73. The van der Waals surface area contributed by atoms with Crippen LogP contribution in [0.4, 0.5) is 0 Å². The summed E-state index contributed by atoms with van der Waals surface area (Å²) in [5.74, 6) is 0.236. The zero-order chi connectivity index (χ0) is 14.7. The maximum Gasteiger partial charge on any atom is 0.273 e. The molecular formula is C14H19N3O4. The van der Waals surface area contributed by atoms with Gasteiger partial charge in [-0.25, -0.2) is 10.1 Å². The molecule has 7 heteroatoms. The SMILES string of the molecule is O=CN([C@@H]1CON(CC2CCOCC2)C1=O)n1cccc1. The molecule has 7 nitrogen and oxygen atoms in total. The van der Waals surface area contributed by atoms with Gasteiger partial charge < -0.3 is 4.74 Å². The summed E-state index contributed by atoms with van der Waals surface area (Å²) < 4.78 is 6.91.